The minimum atomic E-state index is -0.307. The highest BCUT2D eigenvalue weighted by molar-refractivity contribution is 7.13. The molecule has 7 heteroatoms. The highest BCUT2D eigenvalue weighted by Crippen LogP contribution is 2.26. The molecular formula is C13H22ClN3O2S. The Kier molecular flexibility index (Phi) is 7.43. The Labute approximate surface area is 129 Å². The number of nitrogens with zero attached hydrogens (tertiary/aromatic N) is 2. The molecule has 0 bridgehead atoms. The van der Waals surface area contributed by atoms with Crippen molar-refractivity contribution in [2.75, 3.05) is 26.7 Å². The van der Waals surface area contributed by atoms with Gasteiger partial charge in [-0.05, 0) is 57.4 Å². The summed E-state index contributed by atoms with van der Waals surface area (Å²) in [6, 6.07) is 1.71. The van der Waals surface area contributed by atoms with Crippen LogP contribution in [0.4, 0.5) is 5.00 Å². The maximum Gasteiger partial charge on any atom is 0.324 e. The van der Waals surface area contributed by atoms with Gasteiger partial charge in [-0.1, -0.05) is 11.3 Å². The number of halogens is 1. The first-order valence-corrected chi connectivity index (χ1v) is 7.65. The molecule has 2 heterocycles. The molecule has 1 aromatic heterocycles. The topological polar surface area (TPSA) is 58.4 Å². The molecule has 1 saturated heterocycles. The molecule has 2 rings (SSSR count). The first-order chi connectivity index (χ1) is 9.19. The van der Waals surface area contributed by atoms with Gasteiger partial charge < -0.3 is 5.32 Å². The van der Waals surface area contributed by atoms with Crippen molar-refractivity contribution in [2.45, 2.75) is 25.8 Å². The summed E-state index contributed by atoms with van der Waals surface area (Å²) in [7, 11) is 2.00. The predicted molar refractivity (Wildman–Crippen MR) is 84.8 cm³/mol. The molecule has 1 aromatic rings. The highest BCUT2D eigenvalue weighted by atomic mass is 35.5. The third-order valence-electron chi connectivity index (χ3n) is 3.74. The summed E-state index contributed by atoms with van der Waals surface area (Å²) in [5.41, 5.74) is 1.07. The van der Waals surface area contributed by atoms with Crippen LogP contribution in [0.5, 0.6) is 0 Å². The molecule has 1 aliphatic heterocycles. The van der Waals surface area contributed by atoms with Gasteiger partial charge in [0.2, 0.25) is 0 Å². The van der Waals surface area contributed by atoms with Gasteiger partial charge in [0.1, 0.15) is 0 Å². The van der Waals surface area contributed by atoms with E-state index in [0.29, 0.717) is 0 Å². The van der Waals surface area contributed by atoms with E-state index in [1.54, 1.807) is 6.07 Å². The van der Waals surface area contributed by atoms with Crippen molar-refractivity contribution < 1.29 is 4.92 Å². The quantitative estimate of drug-likeness (QED) is 0.647. The highest BCUT2D eigenvalue weighted by Gasteiger charge is 2.19. The molecule has 0 unspecified atom stereocenters. The van der Waals surface area contributed by atoms with Crippen molar-refractivity contribution in [3.05, 3.63) is 27.1 Å². The fraction of sp³-hybridized carbons (Fsp3) is 0.692. The van der Waals surface area contributed by atoms with Crippen LogP contribution in [0.3, 0.4) is 0 Å². The number of nitrogens with one attached hydrogen (secondary N) is 1. The van der Waals surface area contributed by atoms with Gasteiger partial charge in [0.05, 0.1) is 4.92 Å². The molecule has 1 aliphatic rings. The average molecular weight is 320 g/mol. The van der Waals surface area contributed by atoms with Gasteiger partial charge in [-0.25, -0.2) is 0 Å². The maximum absolute atomic E-state index is 10.6. The Balaban J connectivity index is 0.00000200. The van der Waals surface area contributed by atoms with Crippen molar-refractivity contribution >= 4 is 28.7 Å². The summed E-state index contributed by atoms with van der Waals surface area (Å²) in [5, 5.41) is 16.0. The molecule has 0 atom stereocenters. The van der Waals surface area contributed by atoms with Gasteiger partial charge in [0.25, 0.3) is 0 Å². The molecule has 0 amide bonds. The monoisotopic (exact) mass is 319 g/mol. The normalized spacial score (nSPS) is 16.9. The van der Waals surface area contributed by atoms with Crippen LogP contribution >= 0.6 is 23.7 Å². The SMILES string of the molecule is CNCCC1CCN(Cc2csc([N+](=O)[O-])c2)CC1.Cl. The molecule has 5 nitrogen and oxygen atoms in total. The fourth-order valence-electron chi connectivity index (χ4n) is 2.58. The second-order valence-electron chi connectivity index (χ2n) is 5.16. The first kappa shape index (κ1) is 17.4. The lowest BCUT2D eigenvalue weighted by Gasteiger charge is -2.31. The predicted octanol–water partition coefficient (Wildman–Crippen LogP) is 2.90. The molecular weight excluding hydrogens is 298 g/mol. The Hall–Kier alpha value is -0.690. The van der Waals surface area contributed by atoms with Crippen molar-refractivity contribution in [1.29, 1.82) is 0 Å². The number of hydrogen-bond acceptors (Lipinski definition) is 5. The zero-order chi connectivity index (χ0) is 13.7. The summed E-state index contributed by atoms with van der Waals surface area (Å²) in [6.07, 6.45) is 3.75. The van der Waals surface area contributed by atoms with Gasteiger partial charge in [-0.3, -0.25) is 15.0 Å². The van der Waals surface area contributed by atoms with E-state index < -0.39 is 0 Å². The summed E-state index contributed by atoms with van der Waals surface area (Å²) >= 11 is 1.22. The third-order valence-corrected chi connectivity index (χ3v) is 4.66. The number of nitro groups is 1. The molecule has 1 fully saturated rings. The summed E-state index contributed by atoms with van der Waals surface area (Å²) < 4.78 is 0. The van der Waals surface area contributed by atoms with Crippen molar-refractivity contribution in [3.63, 3.8) is 0 Å². The standard InChI is InChI=1S/C13H21N3O2S.ClH/c1-14-5-2-11-3-6-15(7-4-11)9-12-8-13(16(17)18)19-10-12;/h8,10-11,14H,2-7,9H2,1H3;1H. The van der Waals surface area contributed by atoms with Crippen molar-refractivity contribution in [3.8, 4) is 0 Å². The first-order valence-electron chi connectivity index (χ1n) is 6.78. The lowest BCUT2D eigenvalue weighted by Crippen LogP contribution is -2.33. The summed E-state index contributed by atoms with van der Waals surface area (Å²) in [5.74, 6) is 0.834. The third kappa shape index (κ3) is 5.01. The lowest BCUT2D eigenvalue weighted by atomic mass is 9.93. The molecule has 0 spiro atoms. The molecule has 0 aliphatic carbocycles. The van der Waals surface area contributed by atoms with Crippen LogP contribution in [0, 0.1) is 16.0 Å². The van der Waals surface area contributed by atoms with E-state index in [0.717, 1.165) is 37.7 Å². The maximum atomic E-state index is 10.6. The molecule has 0 radical (unpaired) electrons. The van der Waals surface area contributed by atoms with E-state index in [1.807, 2.05) is 12.4 Å². The minimum Gasteiger partial charge on any atom is -0.320 e. The van der Waals surface area contributed by atoms with Gasteiger partial charge in [-0.2, -0.15) is 0 Å². The zero-order valence-corrected chi connectivity index (χ0v) is 13.3. The minimum absolute atomic E-state index is 0. The second kappa shape index (κ2) is 8.56. The van der Waals surface area contributed by atoms with E-state index in [1.165, 1.54) is 30.6 Å². The van der Waals surface area contributed by atoms with Crippen LogP contribution in [0.25, 0.3) is 0 Å². The molecule has 114 valence electrons. The van der Waals surface area contributed by atoms with Crippen LogP contribution in [0.1, 0.15) is 24.8 Å². The average Bonchev–Trinajstić information content (AvgIpc) is 2.87. The van der Waals surface area contributed by atoms with E-state index in [9.17, 15) is 10.1 Å². The molecule has 0 saturated carbocycles. The van der Waals surface area contributed by atoms with E-state index in [4.69, 9.17) is 0 Å². The zero-order valence-electron chi connectivity index (χ0n) is 11.7. The van der Waals surface area contributed by atoms with Crippen LogP contribution in [-0.4, -0.2) is 36.5 Å². The Morgan fingerprint density at radius 3 is 2.75 bits per heavy atom. The van der Waals surface area contributed by atoms with Crippen molar-refractivity contribution in [1.82, 2.24) is 10.2 Å². The van der Waals surface area contributed by atoms with Crippen LogP contribution in [0.15, 0.2) is 11.4 Å². The van der Waals surface area contributed by atoms with Gasteiger partial charge in [0.15, 0.2) is 0 Å². The number of rotatable bonds is 6. The van der Waals surface area contributed by atoms with Gasteiger partial charge >= 0.3 is 5.00 Å². The van der Waals surface area contributed by atoms with Crippen molar-refractivity contribution in [2.24, 2.45) is 5.92 Å². The molecule has 20 heavy (non-hydrogen) atoms. The van der Waals surface area contributed by atoms with Crippen LogP contribution < -0.4 is 5.32 Å². The van der Waals surface area contributed by atoms with E-state index >= 15 is 0 Å². The van der Waals surface area contributed by atoms with Crippen LogP contribution in [-0.2, 0) is 6.54 Å². The summed E-state index contributed by atoms with van der Waals surface area (Å²) in [4.78, 5) is 12.7. The number of piperidine rings is 1. The second-order valence-corrected chi connectivity index (χ2v) is 6.05. The Bertz CT molecular complexity index is 420. The smallest absolute Gasteiger partial charge is 0.320 e. The van der Waals surface area contributed by atoms with Gasteiger partial charge in [-0.15, -0.1) is 12.4 Å². The van der Waals surface area contributed by atoms with Gasteiger partial charge in [0, 0.05) is 18.0 Å². The van der Waals surface area contributed by atoms with Crippen LogP contribution in [0.2, 0.25) is 0 Å². The number of likely N-dealkylation sites (tertiary alicyclic amines) is 1. The Morgan fingerprint density at radius 2 is 2.20 bits per heavy atom. The molecule has 0 aromatic carbocycles. The van der Waals surface area contributed by atoms with E-state index in [-0.39, 0.29) is 22.3 Å². The fourth-order valence-corrected chi connectivity index (χ4v) is 3.30. The number of thiophene rings is 1. The largest absolute Gasteiger partial charge is 0.324 e. The van der Waals surface area contributed by atoms with E-state index in [2.05, 4.69) is 10.2 Å². The number of hydrogen-bond donors (Lipinski definition) is 1. The summed E-state index contributed by atoms with van der Waals surface area (Å²) in [6.45, 7) is 4.17. The molecule has 1 N–H and O–H groups in total. The lowest BCUT2D eigenvalue weighted by molar-refractivity contribution is -0.380. The Morgan fingerprint density at radius 1 is 1.50 bits per heavy atom.